The quantitative estimate of drug-likeness (QED) is 0.444. The molecule has 30 heavy (non-hydrogen) atoms. The van der Waals surface area contributed by atoms with Crippen LogP contribution >= 0.6 is 23.2 Å². The number of fused-ring (bicyclic) bond motifs is 1. The van der Waals surface area contributed by atoms with Gasteiger partial charge in [-0.25, -0.2) is 4.79 Å². The molecule has 0 saturated heterocycles. The van der Waals surface area contributed by atoms with Crippen molar-refractivity contribution in [3.8, 4) is 0 Å². The van der Waals surface area contributed by atoms with Gasteiger partial charge in [0, 0.05) is 23.5 Å². The van der Waals surface area contributed by atoms with Gasteiger partial charge in [-0.05, 0) is 30.7 Å². The average molecular weight is 448 g/mol. The van der Waals surface area contributed by atoms with Crippen molar-refractivity contribution in [3.05, 3.63) is 69.8 Å². The first-order valence-corrected chi connectivity index (χ1v) is 9.86. The van der Waals surface area contributed by atoms with Gasteiger partial charge < -0.3 is 20.7 Å². The van der Waals surface area contributed by atoms with Crippen molar-refractivity contribution in [1.82, 2.24) is 15.6 Å². The monoisotopic (exact) mass is 447 g/mol. The van der Waals surface area contributed by atoms with E-state index in [1.54, 1.807) is 18.3 Å². The standard InChI is InChI=1S/C21H19Cl2N3O4/c1-11(25-20(28)14-6-4-7-15(22)18(14)23)19(27)26-17(21(29)30)9-12-10-24-16-8-3-2-5-13(12)16/h2-8,10-11,17,24H,9H2,1H3,(H,25,28)(H,26,27)(H,29,30)/t11-,17-/m0/s1. The van der Waals surface area contributed by atoms with Crippen LogP contribution in [0.2, 0.25) is 10.0 Å². The number of benzene rings is 2. The fourth-order valence-electron chi connectivity index (χ4n) is 3.04. The van der Waals surface area contributed by atoms with Gasteiger partial charge in [0.05, 0.1) is 15.6 Å². The lowest BCUT2D eigenvalue weighted by Crippen LogP contribution is -2.51. The summed E-state index contributed by atoms with van der Waals surface area (Å²) in [6.45, 7) is 1.45. The molecule has 0 spiro atoms. The summed E-state index contributed by atoms with van der Waals surface area (Å²) in [5, 5.41) is 15.7. The molecule has 0 radical (unpaired) electrons. The van der Waals surface area contributed by atoms with Gasteiger partial charge in [0.15, 0.2) is 0 Å². The highest BCUT2D eigenvalue weighted by molar-refractivity contribution is 6.43. The fourth-order valence-corrected chi connectivity index (χ4v) is 3.42. The molecule has 156 valence electrons. The second-order valence-corrected chi connectivity index (χ2v) is 7.54. The summed E-state index contributed by atoms with van der Waals surface area (Å²) in [5.41, 5.74) is 1.76. The van der Waals surface area contributed by atoms with Crippen molar-refractivity contribution in [2.75, 3.05) is 0 Å². The number of aromatic nitrogens is 1. The summed E-state index contributed by atoms with van der Waals surface area (Å²) < 4.78 is 0. The molecule has 0 saturated carbocycles. The Bertz CT molecular complexity index is 1110. The van der Waals surface area contributed by atoms with Crippen LogP contribution in [-0.2, 0) is 16.0 Å². The third-order valence-electron chi connectivity index (χ3n) is 4.65. The van der Waals surface area contributed by atoms with E-state index in [0.29, 0.717) is 0 Å². The summed E-state index contributed by atoms with van der Waals surface area (Å²) in [7, 11) is 0. The summed E-state index contributed by atoms with van der Waals surface area (Å²) in [6.07, 6.45) is 1.81. The van der Waals surface area contributed by atoms with Crippen LogP contribution in [0, 0.1) is 0 Å². The Morgan fingerprint density at radius 3 is 2.53 bits per heavy atom. The van der Waals surface area contributed by atoms with E-state index < -0.39 is 29.9 Å². The Morgan fingerprint density at radius 2 is 1.80 bits per heavy atom. The molecule has 2 atom stereocenters. The maximum Gasteiger partial charge on any atom is 0.326 e. The summed E-state index contributed by atoms with van der Waals surface area (Å²) in [5.74, 6) is -2.40. The minimum Gasteiger partial charge on any atom is -0.480 e. The van der Waals surface area contributed by atoms with E-state index in [9.17, 15) is 19.5 Å². The van der Waals surface area contributed by atoms with Crippen molar-refractivity contribution in [1.29, 1.82) is 0 Å². The fraction of sp³-hybridized carbons (Fsp3) is 0.190. The normalized spacial score (nSPS) is 12.9. The zero-order valence-corrected chi connectivity index (χ0v) is 17.4. The molecule has 2 aromatic carbocycles. The number of carbonyl (C=O) groups excluding carboxylic acids is 2. The van der Waals surface area contributed by atoms with Crippen molar-refractivity contribution in [2.45, 2.75) is 25.4 Å². The van der Waals surface area contributed by atoms with Crippen LogP contribution in [0.25, 0.3) is 10.9 Å². The predicted octanol–water partition coefficient (Wildman–Crippen LogP) is 3.41. The molecule has 0 aliphatic rings. The second-order valence-electron chi connectivity index (χ2n) is 6.76. The third kappa shape index (κ3) is 4.75. The number of para-hydroxylation sites is 1. The first-order valence-electron chi connectivity index (χ1n) is 9.11. The molecule has 0 aliphatic heterocycles. The van der Waals surface area contributed by atoms with E-state index in [0.717, 1.165) is 16.5 Å². The van der Waals surface area contributed by atoms with E-state index >= 15 is 0 Å². The second kappa shape index (κ2) is 9.19. The van der Waals surface area contributed by atoms with Crippen LogP contribution in [0.1, 0.15) is 22.8 Å². The molecule has 3 rings (SSSR count). The number of halogens is 2. The lowest BCUT2D eigenvalue weighted by molar-refractivity contribution is -0.142. The number of hydrogen-bond donors (Lipinski definition) is 4. The van der Waals surface area contributed by atoms with Gasteiger partial charge in [0.2, 0.25) is 5.91 Å². The van der Waals surface area contributed by atoms with Gasteiger partial charge in [-0.3, -0.25) is 9.59 Å². The van der Waals surface area contributed by atoms with E-state index in [1.807, 2.05) is 24.3 Å². The smallest absolute Gasteiger partial charge is 0.326 e. The van der Waals surface area contributed by atoms with E-state index in [2.05, 4.69) is 15.6 Å². The Hall–Kier alpha value is -3.03. The Morgan fingerprint density at radius 1 is 1.07 bits per heavy atom. The highest BCUT2D eigenvalue weighted by atomic mass is 35.5. The van der Waals surface area contributed by atoms with Gasteiger partial charge >= 0.3 is 5.97 Å². The molecule has 1 aromatic heterocycles. The first kappa shape index (κ1) is 21.7. The molecule has 3 aromatic rings. The van der Waals surface area contributed by atoms with E-state index in [4.69, 9.17) is 23.2 Å². The average Bonchev–Trinajstić information content (AvgIpc) is 3.12. The Kier molecular flexibility index (Phi) is 6.64. The van der Waals surface area contributed by atoms with Gasteiger partial charge in [-0.2, -0.15) is 0 Å². The van der Waals surface area contributed by atoms with Crippen LogP contribution in [0.4, 0.5) is 0 Å². The lowest BCUT2D eigenvalue weighted by Gasteiger charge is -2.19. The van der Waals surface area contributed by atoms with E-state index in [-0.39, 0.29) is 22.0 Å². The van der Waals surface area contributed by atoms with Gasteiger partial charge in [0.25, 0.3) is 5.91 Å². The zero-order chi connectivity index (χ0) is 21.8. The molecule has 4 N–H and O–H groups in total. The summed E-state index contributed by atoms with van der Waals surface area (Å²) in [4.78, 5) is 39.7. The molecule has 0 fully saturated rings. The number of aliphatic carboxylic acids is 1. The number of amides is 2. The molecule has 1 heterocycles. The highest BCUT2D eigenvalue weighted by Gasteiger charge is 2.26. The van der Waals surface area contributed by atoms with Gasteiger partial charge in [0.1, 0.15) is 12.1 Å². The van der Waals surface area contributed by atoms with Crippen LogP contribution in [0.5, 0.6) is 0 Å². The van der Waals surface area contributed by atoms with Gasteiger partial charge in [-0.1, -0.05) is 47.5 Å². The predicted molar refractivity (Wildman–Crippen MR) is 115 cm³/mol. The van der Waals surface area contributed by atoms with Crippen LogP contribution in [0.15, 0.2) is 48.7 Å². The molecular weight excluding hydrogens is 429 g/mol. The molecule has 7 nitrogen and oxygen atoms in total. The van der Waals surface area contributed by atoms with Crippen LogP contribution in [0.3, 0.4) is 0 Å². The number of aromatic amines is 1. The Labute approximate surface area is 182 Å². The largest absolute Gasteiger partial charge is 0.480 e. The molecule has 0 aliphatic carbocycles. The summed E-state index contributed by atoms with van der Waals surface area (Å²) >= 11 is 11.9. The van der Waals surface area contributed by atoms with Crippen molar-refractivity contribution < 1.29 is 19.5 Å². The maximum atomic E-state index is 12.5. The number of carbonyl (C=O) groups is 3. The number of nitrogens with one attached hydrogen (secondary N) is 3. The van der Waals surface area contributed by atoms with Crippen molar-refractivity contribution >= 4 is 51.9 Å². The molecule has 0 bridgehead atoms. The Balaban J connectivity index is 1.68. The number of hydrogen-bond acceptors (Lipinski definition) is 3. The minimum atomic E-state index is -1.18. The first-order chi connectivity index (χ1) is 14.3. The topological polar surface area (TPSA) is 111 Å². The lowest BCUT2D eigenvalue weighted by atomic mass is 10.0. The molecule has 0 unspecified atom stereocenters. The molecular formula is C21H19Cl2N3O4. The van der Waals surface area contributed by atoms with E-state index in [1.165, 1.54) is 13.0 Å². The van der Waals surface area contributed by atoms with Crippen molar-refractivity contribution in [3.63, 3.8) is 0 Å². The van der Waals surface area contributed by atoms with Gasteiger partial charge in [-0.15, -0.1) is 0 Å². The maximum absolute atomic E-state index is 12.5. The van der Waals surface area contributed by atoms with Crippen molar-refractivity contribution in [2.24, 2.45) is 0 Å². The molecule has 9 heteroatoms. The third-order valence-corrected chi connectivity index (χ3v) is 5.47. The number of carboxylic acid groups (broad SMARTS) is 1. The minimum absolute atomic E-state index is 0.0759. The molecule has 2 amide bonds. The zero-order valence-electron chi connectivity index (χ0n) is 15.9. The van der Waals surface area contributed by atoms with Crippen LogP contribution < -0.4 is 10.6 Å². The number of carboxylic acids is 1. The SMILES string of the molecule is C[C@H](NC(=O)c1cccc(Cl)c1Cl)C(=O)N[C@@H](Cc1c[nH]c2ccccc12)C(=O)O. The number of H-pyrrole nitrogens is 1. The summed E-state index contributed by atoms with van der Waals surface area (Å²) in [6, 6.07) is 9.91. The number of rotatable bonds is 7. The highest BCUT2D eigenvalue weighted by Crippen LogP contribution is 2.25. The van der Waals surface area contributed by atoms with Crippen LogP contribution in [-0.4, -0.2) is 40.0 Å².